The number of phenols is 2. The van der Waals surface area contributed by atoms with Crippen LogP contribution in [-0.2, 0) is 41.6 Å². The smallest absolute Gasteiger partial charge is 0.326 e. The molecule has 5 amide bonds. The SMILES string of the molecule is NCCCC[C@H](NC(=O)[C@H](CCCCN)NC(=O)[C@H](Cc1ccc(O)cc1)NC(=O)[C@H](CCCCN)NC(=O)[C@H](CCCCN)NC(=O)[C@@H](N)Cc1ccc(O)cc1)C(=O)O. The summed E-state index contributed by atoms with van der Waals surface area (Å²) in [7, 11) is 0. The van der Waals surface area contributed by atoms with Gasteiger partial charge in [0.1, 0.15) is 41.7 Å². The van der Waals surface area contributed by atoms with E-state index in [1.807, 2.05) is 0 Å². The van der Waals surface area contributed by atoms with Gasteiger partial charge in [-0.25, -0.2) is 4.79 Å². The van der Waals surface area contributed by atoms with Crippen molar-refractivity contribution in [1.29, 1.82) is 0 Å². The Morgan fingerprint density at radius 1 is 0.426 bits per heavy atom. The van der Waals surface area contributed by atoms with Crippen LogP contribution >= 0.6 is 0 Å². The van der Waals surface area contributed by atoms with E-state index in [2.05, 4.69) is 26.6 Å². The zero-order valence-corrected chi connectivity index (χ0v) is 35.0. The number of amides is 5. The number of benzene rings is 2. The fourth-order valence-corrected chi connectivity index (χ4v) is 6.46. The Morgan fingerprint density at radius 3 is 1.08 bits per heavy atom. The van der Waals surface area contributed by atoms with Gasteiger partial charge in [-0.05, 0) is 145 Å². The lowest BCUT2D eigenvalue weighted by atomic mass is 10.0. The molecule has 19 heteroatoms. The molecule has 0 aliphatic rings. The van der Waals surface area contributed by atoms with Crippen molar-refractivity contribution in [3.05, 3.63) is 59.7 Å². The Morgan fingerprint density at radius 2 is 0.721 bits per heavy atom. The number of nitrogens with two attached hydrogens (primary N) is 5. The van der Waals surface area contributed by atoms with Crippen LogP contribution < -0.4 is 55.3 Å². The van der Waals surface area contributed by atoms with Crippen LogP contribution in [0.3, 0.4) is 0 Å². The number of carbonyl (C=O) groups is 6. The quantitative estimate of drug-likeness (QED) is 0.0415. The number of aromatic hydroxyl groups is 2. The molecule has 18 N–H and O–H groups in total. The molecule has 2 aromatic carbocycles. The zero-order chi connectivity index (χ0) is 45.2. The summed E-state index contributed by atoms with van der Waals surface area (Å²) in [6.45, 7) is 1.34. The minimum Gasteiger partial charge on any atom is -0.508 e. The van der Waals surface area contributed by atoms with Crippen molar-refractivity contribution in [2.45, 2.75) is 126 Å². The fourth-order valence-electron chi connectivity index (χ4n) is 6.46. The molecule has 0 saturated carbocycles. The highest BCUT2D eigenvalue weighted by molar-refractivity contribution is 5.96. The van der Waals surface area contributed by atoms with E-state index in [0.29, 0.717) is 88.7 Å². The van der Waals surface area contributed by atoms with Crippen molar-refractivity contribution >= 4 is 35.5 Å². The molecule has 0 fully saturated rings. The van der Waals surface area contributed by atoms with E-state index < -0.39 is 71.8 Å². The zero-order valence-electron chi connectivity index (χ0n) is 35.0. The van der Waals surface area contributed by atoms with Gasteiger partial charge >= 0.3 is 5.97 Å². The molecule has 0 spiro atoms. The number of hydrogen-bond donors (Lipinski definition) is 13. The van der Waals surface area contributed by atoms with Crippen LogP contribution in [0.4, 0.5) is 0 Å². The van der Waals surface area contributed by atoms with Gasteiger partial charge in [-0.3, -0.25) is 24.0 Å². The Balaban J connectivity index is 2.38. The summed E-state index contributed by atoms with van der Waals surface area (Å²) in [5, 5.41) is 42.7. The van der Waals surface area contributed by atoms with Crippen molar-refractivity contribution in [3.8, 4) is 11.5 Å². The largest absolute Gasteiger partial charge is 0.508 e. The molecule has 6 atom stereocenters. The minimum absolute atomic E-state index is 0.0260. The lowest BCUT2D eigenvalue weighted by Crippen LogP contribution is -2.59. The topological polar surface area (TPSA) is 353 Å². The number of hydrogen-bond acceptors (Lipinski definition) is 13. The third-order valence-electron chi connectivity index (χ3n) is 10.0. The summed E-state index contributed by atoms with van der Waals surface area (Å²) in [5.74, 6) is -4.69. The number of carbonyl (C=O) groups excluding carboxylic acids is 5. The molecule has 61 heavy (non-hydrogen) atoms. The highest BCUT2D eigenvalue weighted by Gasteiger charge is 2.33. The Kier molecular flexibility index (Phi) is 24.6. The standard InChI is InChI=1S/C42H68N10O9/c43-21-5-1-9-32(48-37(55)31(47)25-27-13-17-29(53)18-14-27)38(56)49-34(11-3-7-23-45)40(58)52-36(26-28-15-19-30(54)20-16-28)41(59)50-33(10-2-6-22-44)39(57)51-35(42(60)61)12-4-8-24-46/h13-20,31-36,53-54H,1-12,21-26,43-47H2,(H,48,55)(H,49,56)(H,50,59)(H,51,57)(H,52,58)(H,60,61)/t31-,32-,33-,34-,35-,36-/m0/s1. The van der Waals surface area contributed by atoms with Gasteiger partial charge in [-0.1, -0.05) is 24.3 Å². The molecular formula is C42H68N10O9. The molecular weight excluding hydrogens is 789 g/mol. The van der Waals surface area contributed by atoms with E-state index in [1.54, 1.807) is 24.3 Å². The number of unbranched alkanes of at least 4 members (excludes halogenated alkanes) is 4. The van der Waals surface area contributed by atoms with Crippen molar-refractivity contribution in [2.75, 3.05) is 26.2 Å². The van der Waals surface area contributed by atoms with E-state index in [-0.39, 0.29) is 50.0 Å². The highest BCUT2D eigenvalue weighted by atomic mass is 16.4. The van der Waals surface area contributed by atoms with Crippen LogP contribution in [-0.4, -0.2) is 113 Å². The lowest BCUT2D eigenvalue weighted by molar-refractivity contribution is -0.142. The number of nitrogens with one attached hydrogen (secondary N) is 5. The van der Waals surface area contributed by atoms with Gasteiger partial charge in [0, 0.05) is 6.42 Å². The van der Waals surface area contributed by atoms with E-state index in [4.69, 9.17) is 28.7 Å². The molecule has 0 aliphatic carbocycles. The summed E-state index contributed by atoms with van der Waals surface area (Å²) in [6.07, 6.45) is 4.53. The Labute approximate surface area is 357 Å². The summed E-state index contributed by atoms with van der Waals surface area (Å²) in [6, 6.07) is 5.11. The van der Waals surface area contributed by atoms with Gasteiger partial charge in [-0.2, -0.15) is 0 Å². The number of carboxylic acid groups (broad SMARTS) is 1. The first-order chi connectivity index (χ1) is 29.2. The second kappa shape index (κ2) is 29.0. The maximum Gasteiger partial charge on any atom is 0.326 e. The average Bonchev–Trinajstić information content (AvgIpc) is 3.23. The second-order valence-electron chi connectivity index (χ2n) is 15.1. The fraction of sp³-hybridized carbons (Fsp3) is 0.571. The molecule has 0 heterocycles. The maximum atomic E-state index is 14.2. The first kappa shape index (κ1) is 51.8. The molecule has 0 unspecified atom stereocenters. The molecule has 0 saturated heterocycles. The highest BCUT2D eigenvalue weighted by Crippen LogP contribution is 2.15. The van der Waals surface area contributed by atoms with Gasteiger partial charge in [0.25, 0.3) is 0 Å². The number of carboxylic acids is 1. The van der Waals surface area contributed by atoms with Gasteiger partial charge in [0.15, 0.2) is 0 Å². The average molecular weight is 857 g/mol. The van der Waals surface area contributed by atoms with Crippen molar-refractivity contribution < 1.29 is 44.1 Å². The normalized spacial score (nSPS) is 14.0. The van der Waals surface area contributed by atoms with E-state index in [9.17, 15) is 44.1 Å². The molecule has 0 aliphatic heterocycles. The summed E-state index contributed by atoms with van der Waals surface area (Å²) < 4.78 is 0. The first-order valence-electron chi connectivity index (χ1n) is 21.1. The van der Waals surface area contributed by atoms with Crippen LogP contribution in [0.25, 0.3) is 0 Å². The predicted molar refractivity (Wildman–Crippen MR) is 231 cm³/mol. The molecule has 0 bridgehead atoms. The molecule has 2 aromatic rings. The van der Waals surface area contributed by atoms with E-state index >= 15 is 0 Å². The molecule has 19 nitrogen and oxygen atoms in total. The van der Waals surface area contributed by atoms with Gasteiger partial charge in [-0.15, -0.1) is 0 Å². The summed E-state index contributed by atoms with van der Waals surface area (Å²) in [5.41, 5.74) is 30.1. The third kappa shape index (κ3) is 20.2. The van der Waals surface area contributed by atoms with Crippen LogP contribution in [0.1, 0.15) is 88.2 Å². The van der Waals surface area contributed by atoms with Gasteiger partial charge in [0.05, 0.1) is 6.04 Å². The lowest BCUT2D eigenvalue weighted by Gasteiger charge is -2.27. The van der Waals surface area contributed by atoms with Gasteiger partial charge in [0.2, 0.25) is 29.5 Å². The first-order valence-corrected chi connectivity index (χ1v) is 21.1. The van der Waals surface area contributed by atoms with Crippen LogP contribution in [0.5, 0.6) is 11.5 Å². The molecule has 0 aromatic heterocycles. The van der Waals surface area contributed by atoms with Gasteiger partial charge < -0.3 is 70.6 Å². The minimum atomic E-state index is -1.31. The van der Waals surface area contributed by atoms with Crippen LogP contribution in [0, 0.1) is 0 Å². The van der Waals surface area contributed by atoms with Crippen molar-refractivity contribution in [3.63, 3.8) is 0 Å². The van der Waals surface area contributed by atoms with Crippen LogP contribution in [0.15, 0.2) is 48.5 Å². The number of phenolic OH excluding ortho intramolecular Hbond substituents is 2. The third-order valence-corrected chi connectivity index (χ3v) is 10.0. The van der Waals surface area contributed by atoms with Crippen LogP contribution in [0.2, 0.25) is 0 Å². The number of rotatable bonds is 31. The van der Waals surface area contributed by atoms with Crippen molar-refractivity contribution in [1.82, 2.24) is 26.6 Å². The maximum absolute atomic E-state index is 14.2. The van der Waals surface area contributed by atoms with E-state index in [1.165, 1.54) is 24.3 Å². The summed E-state index contributed by atoms with van der Waals surface area (Å²) in [4.78, 5) is 81.0. The molecule has 0 radical (unpaired) electrons. The predicted octanol–water partition coefficient (Wildman–Crippen LogP) is -0.765. The monoisotopic (exact) mass is 857 g/mol. The Hall–Kier alpha value is -5.34. The van der Waals surface area contributed by atoms with E-state index in [0.717, 1.165) is 0 Å². The number of aliphatic carboxylic acids is 1. The second-order valence-corrected chi connectivity index (χ2v) is 15.1. The van der Waals surface area contributed by atoms with Crippen molar-refractivity contribution in [2.24, 2.45) is 28.7 Å². The Bertz CT molecular complexity index is 1650. The summed E-state index contributed by atoms with van der Waals surface area (Å²) >= 11 is 0. The molecule has 340 valence electrons. The molecule has 2 rings (SSSR count).